The highest BCUT2D eigenvalue weighted by Gasteiger charge is 2.34. The second-order valence-corrected chi connectivity index (χ2v) is 5.47. The first kappa shape index (κ1) is 13.4. The van der Waals surface area contributed by atoms with Crippen LogP contribution in [0.2, 0.25) is 5.02 Å². The molecule has 18 heavy (non-hydrogen) atoms. The van der Waals surface area contributed by atoms with Gasteiger partial charge in [-0.05, 0) is 25.0 Å². The maximum Gasteiger partial charge on any atom is 0.244 e. The molecule has 0 saturated carbocycles. The van der Waals surface area contributed by atoms with Crippen LogP contribution < -0.4 is 10.2 Å². The summed E-state index contributed by atoms with van der Waals surface area (Å²) in [7, 11) is 0. The summed E-state index contributed by atoms with van der Waals surface area (Å²) in [5.41, 5.74) is 1.90. The Bertz CT molecular complexity index is 439. The first-order valence-electron chi connectivity index (χ1n) is 6.33. The van der Waals surface area contributed by atoms with Gasteiger partial charge in [-0.3, -0.25) is 4.79 Å². The summed E-state index contributed by atoms with van der Waals surface area (Å²) in [6, 6.07) is 5.95. The van der Waals surface area contributed by atoms with Crippen molar-refractivity contribution in [2.24, 2.45) is 0 Å². The zero-order valence-corrected chi connectivity index (χ0v) is 11.8. The fraction of sp³-hybridized carbons (Fsp3) is 0.500. The molecule has 0 aromatic heterocycles. The summed E-state index contributed by atoms with van der Waals surface area (Å²) in [4.78, 5) is 14.2. The van der Waals surface area contributed by atoms with E-state index in [1.54, 1.807) is 4.90 Å². The van der Waals surface area contributed by atoms with Gasteiger partial charge >= 0.3 is 0 Å². The normalized spacial score (nSPS) is 19.9. The van der Waals surface area contributed by atoms with E-state index in [0.29, 0.717) is 11.1 Å². The van der Waals surface area contributed by atoms with E-state index in [-0.39, 0.29) is 11.9 Å². The van der Waals surface area contributed by atoms with Gasteiger partial charge in [0.15, 0.2) is 0 Å². The lowest BCUT2D eigenvalue weighted by Crippen LogP contribution is -2.41. The molecular weight excluding hydrogens is 248 g/mol. The third-order valence-corrected chi connectivity index (χ3v) is 3.50. The van der Waals surface area contributed by atoms with Gasteiger partial charge in [0, 0.05) is 12.6 Å². The quantitative estimate of drug-likeness (QED) is 0.912. The number of carbonyl (C=O) groups excluding carboxylic acids is 1. The number of rotatable bonds is 3. The Morgan fingerprint density at radius 2 is 2.17 bits per heavy atom. The Labute approximate surface area is 113 Å². The minimum absolute atomic E-state index is 0.0827. The van der Waals surface area contributed by atoms with Crippen LogP contribution in [0.15, 0.2) is 18.2 Å². The van der Waals surface area contributed by atoms with Gasteiger partial charge in [0.1, 0.15) is 0 Å². The van der Waals surface area contributed by atoms with Gasteiger partial charge in [0.25, 0.3) is 0 Å². The van der Waals surface area contributed by atoms with Crippen molar-refractivity contribution < 1.29 is 4.79 Å². The van der Waals surface area contributed by atoms with E-state index in [0.717, 1.165) is 24.2 Å². The summed E-state index contributed by atoms with van der Waals surface area (Å²) in [5.74, 6) is 0.125. The number of nitrogens with zero attached hydrogens (tertiary/aromatic N) is 1. The highest BCUT2D eigenvalue weighted by molar-refractivity contribution is 6.34. The molecule has 1 fully saturated rings. The lowest BCUT2D eigenvalue weighted by Gasteiger charge is -2.21. The third-order valence-electron chi connectivity index (χ3n) is 3.20. The van der Waals surface area contributed by atoms with Crippen LogP contribution >= 0.6 is 11.6 Å². The topological polar surface area (TPSA) is 32.3 Å². The van der Waals surface area contributed by atoms with Gasteiger partial charge in [-0.1, -0.05) is 37.6 Å². The number of aryl methyl sites for hydroxylation is 1. The predicted octanol–water partition coefficient (Wildman–Crippen LogP) is 2.75. The van der Waals surface area contributed by atoms with Crippen LogP contribution in [0.5, 0.6) is 0 Å². The molecule has 0 radical (unpaired) electrons. The van der Waals surface area contributed by atoms with Crippen molar-refractivity contribution in [1.82, 2.24) is 5.32 Å². The second kappa shape index (κ2) is 5.29. The number of benzene rings is 1. The lowest BCUT2D eigenvalue weighted by molar-refractivity contribution is -0.118. The SMILES string of the molecule is Cc1cccc(Cl)c1N1CCC(NC(C)C)C1=O. The molecule has 0 aliphatic carbocycles. The Kier molecular flexibility index (Phi) is 3.93. The van der Waals surface area contributed by atoms with Crippen molar-refractivity contribution in [3.8, 4) is 0 Å². The zero-order valence-electron chi connectivity index (χ0n) is 11.0. The van der Waals surface area contributed by atoms with E-state index in [9.17, 15) is 4.79 Å². The van der Waals surface area contributed by atoms with E-state index in [4.69, 9.17) is 11.6 Å². The average molecular weight is 267 g/mol. The van der Waals surface area contributed by atoms with Gasteiger partial charge in [0.2, 0.25) is 5.91 Å². The molecule has 2 rings (SSSR count). The summed E-state index contributed by atoms with van der Waals surface area (Å²) in [6.45, 7) is 6.82. The van der Waals surface area contributed by atoms with E-state index in [1.165, 1.54) is 0 Å². The maximum absolute atomic E-state index is 12.4. The maximum atomic E-state index is 12.4. The van der Waals surface area contributed by atoms with Gasteiger partial charge < -0.3 is 10.2 Å². The second-order valence-electron chi connectivity index (χ2n) is 5.06. The van der Waals surface area contributed by atoms with Crippen LogP contribution in [0, 0.1) is 6.92 Å². The van der Waals surface area contributed by atoms with Crippen LogP contribution in [0.3, 0.4) is 0 Å². The molecular formula is C14H19ClN2O. The molecule has 1 amide bonds. The van der Waals surface area contributed by atoms with Crippen LogP contribution in [0.25, 0.3) is 0 Å². The van der Waals surface area contributed by atoms with E-state index >= 15 is 0 Å². The minimum Gasteiger partial charge on any atom is -0.309 e. The van der Waals surface area contributed by atoms with Gasteiger partial charge in [-0.25, -0.2) is 0 Å². The number of halogens is 1. The number of nitrogens with one attached hydrogen (secondary N) is 1. The fourth-order valence-electron chi connectivity index (χ4n) is 2.42. The number of anilines is 1. The molecule has 1 saturated heterocycles. The van der Waals surface area contributed by atoms with Crippen molar-refractivity contribution >= 4 is 23.2 Å². The van der Waals surface area contributed by atoms with Crippen LogP contribution in [0.4, 0.5) is 5.69 Å². The predicted molar refractivity (Wildman–Crippen MR) is 75.2 cm³/mol. The molecule has 1 atom stereocenters. The molecule has 1 aromatic carbocycles. The Balaban J connectivity index is 2.23. The summed E-state index contributed by atoms with van der Waals surface area (Å²) in [6.07, 6.45) is 0.835. The third kappa shape index (κ3) is 2.52. The smallest absolute Gasteiger partial charge is 0.244 e. The Morgan fingerprint density at radius 1 is 1.44 bits per heavy atom. The summed E-state index contributed by atoms with van der Waals surface area (Å²) >= 11 is 6.21. The van der Waals surface area contributed by atoms with E-state index in [2.05, 4.69) is 19.2 Å². The van der Waals surface area contributed by atoms with Crippen molar-refractivity contribution in [2.45, 2.75) is 39.3 Å². The molecule has 1 heterocycles. The highest BCUT2D eigenvalue weighted by Crippen LogP contribution is 2.32. The molecule has 4 heteroatoms. The first-order valence-corrected chi connectivity index (χ1v) is 6.71. The average Bonchev–Trinajstić information content (AvgIpc) is 2.61. The van der Waals surface area contributed by atoms with Gasteiger partial charge in [-0.15, -0.1) is 0 Å². The van der Waals surface area contributed by atoms with Gasteiger partial charge in [-0.2, -0.15) is 0 Å². The van der Waals surface area contributed by atoms with Crippen LogP contribution in [-0.4, -0.2) is 24.5 Å². The molecule has 1 unspecified atom stereocenters. The standard InChI is InChI=1S/C14H19ClN2O/c1-9(2)16-12-7-8-17(14(12)18)13-10(3)5-4-6-11(13)15/h4-6,9,12,16H,7-8H2,1-3H3. The monoisotopic (exact) mass is 266 g/mol. The van der Waals surface area contributed by atoms with Crippen molar-refractivity contribution in [3.05, 3.63) is 28.8 Å². The molecule has 0 bridgehead atoms. The minimum atomic E-state index is -0.0827. The molecule has 98 valence electrons. The largest absolute Gasteiger partial charge is 0.309 e. The molecule has 1 N–H and O–H groups in total. The number of para-hydroxylation sites is 1. The summed E-state index contributed by atoms with van der Waals surface area (Å²) in [5, 5.41) is 3.94. The van der Waals surface area contributed by atoms with Crippen molar-refractivity contribution in [2.75, 3.05) is 11.4 Å². The number of amides is 1. The van der Waals surface area contributed by atoms with E-state index in [1.807, 2.05) is 25.1 Å². The zero-order chi connectivity index (χ0) is 13.3. The van der Waals surface area contributed by atoms with E-state index < -0.39 is 0 Å². The Morgan fingerprint density at radius 3 is 2.78 bits per heavy atom. The molecule has 1 aliphatic rings. The van der Waals surface area contributed by atoms with Gasteiger partial charge in [0.05, 0.1) is 16.8 Å². The van der Waals surface area contributed by atoms with Crippen LogP contribution in [0.1, 0.15) is 25.8 Å². The van der Waals surface area contributed by atoms with Crippen molar-refractivity contribution in [1.29, 1.82) is 0 Å². The number of carbonyl (C=O) groups is 1. The van der Waals surface area contributed by atoms with Crippen molar-refractivity contribution in [3.63, 3.8) is 0 Å². The first-order chi connectivity index (χ1) is 8.50. The lowest BCUT2D eigenvalue weighted by atomic mass is 10.2. The molecule has 1 aromatic rings. The number of hydrogen-bond acceptors (Lipinski definition) is 2. The molecule has 3 nitrogen and oxygen atoms in total. The molecule has 0 spiro atoms. The summed E-state index contributed by atoms with van der Waals surface area (Å²) < 4.78 is 0. The fourth-order valence-corrected chi connectivity index (χ4v) is 2.75. The highest BCUT2D eigenvalue weighted by atomic mass is 35.5. The van der Waals surface area contributed by atoms with Crippen LogP contribution in [-0.2, 0) is 4.79 Å². The number of hydrogen-bond donors (Lipinski definition) is 1. The Hall–Kier alpha value is -1.06. The molecule has 1 aliphatic heterocycles.